The SMILES string of the molecule is CCNC(=NCc1cn[nH]c1C)NC1CCc2cn(C(C)C)nc2C1.I. The van der Waals surface area contributed by atoms with Gasteiger partial charge in [0, 0.05) is 42.5 Å². The molecule has 2 aromatic rings. The Morgan fingerprint density at radius 2 is 2.27 bits per heavy atom. The monoisotopic (exact) mass is 471 g/mol. The quantitative estimate of drug-likeness (QED) is 0.356. The number of fused-ring (bicyclic) bond motifs is 1. The Balaban J connectivity index is 0.00000243. The first-order valence-electron chi connectivity index (χ1n) is 9.17. The van der Waals surface area contributed by atoms with Crippen molar-refractivity contribution >= 4 is 29.9 Å². The minimum absolute atomic E-state index is 0. The molecule has 1 aliphatic rings. The topological polar surface area (TPSA) is 82.9 Å². The van der Waals surface area contributed by atoms with Gasteiger partial charge in [-0.3, -0.25) is 9.78 Å². The first kappa shape index (κ1) is 20.7. The highest BCUT2D eigenvalue weighted by atomic mass is 127. The van der Waals surface area contributed by atoms with E-state index in [0.717, 1.165) is 43.0 Å². The van der Waals surface area contributed by atoms with Crippen molar-refractivity contribution in [2.24, 2.45) is 4.99 Å². The summed E-state index contributed by atoms with van der Waals surface area (Å²) >= 11 is 0. The number of H-pyrrole nitrogens is 1. The van der Waals surface area contributed by atoms with E-state index in [1.807, 2.05) is 13.1 Å². The van der Waals surface area contributed by atoms with Gasteiger partial charge in [0.15, 0.2) is 5.96 Å². The molecule has 3 N–H and O–H groups in total. The molecule has 1 aliphatic carbocycles. The summed E-state index contributed by atoms with van der Waals surface area (Å²) in [7, 11) is 0. The minimum Gasteiger partial charge on any atom is -0.357 e. The van der Waals surface area contributed by atoms with Gasteiger partial charge >= 0.3 is 0 Å². The van der Waals surface area contributed by atoms with Crippen molar-refractivity contribution in [3.63, 3.8) is 0 Å². The maximum atomic E-state index is 4.76. The van der Waals surface area contributed by atoms with Crippen molar-refractivity contribution < 1.29 is 0 Å². The van der Waals surface area contributed by atoms with Gasteiger partial charge in [0.2, 0.25) is 0 Å². The van der Waals surface area contributed by atoms with Crippen LogP contribution in [0, 0.1) is 6.92 Å². The number of aromatic amines is 1. The van der Waals surface area contributed by atoms with E-state index < -0.39 is 0 Å². The van der Waals surface area contributed by atoms with Gasteiger partial charge < -0.3 is 10.6 Å². The number of hydrogen-bond donors (Lipinski definition) is 3. The zero-order valence-electron chi connectivity index (χ0n) is 16.0. The van der Waals surface area contributed by atoms with Crippen molar-refractivity contribution in [2.45, 2.75) is 65.6 Å². The average molecular weight is 471 g/mol. The molecule has 2 aromatic heterocycles. The van der Waals surface area contributed by atoms with Crippen LogP contribution in [0.2, 0.25) is 0 Å². The predicted octanol–water partition coefficient (Wildman–Crippen LogP) is 2.73. The van der Waals surface area contributed by atoms with Crippen LogP contribution in [0.15, 0.2) is 17.4 Å². The maximum absolute atomic E-state index is 4.76. The molecule has 26 heavy (non-hydrogen) atoms. The second kappa shape index (κ2) is 9.38. The lowest BCUT2D eigenvalue weighted by Crippen LogP contribution is -2.45. The summed E-state index contributed by atoms with van der Waals surface area (Å²) in [5, 5.41) is 18.7. The van der Waals surface area contributed by atoms with Crippen LogP contribution in [-0.4, -0.2) is 38.5 Å². The van der Waals surface area contributed by atoms with Gasteiger partial charge in [-0.05, 0) is 46.1 Å². The number of aliphatic imine (C=N–C) groups is 1. The molecule has 7 nitrogen and oxygen atoms in total. The second-order valence-electron chi connectivity index (χ2n) is 6.97. The molecule has 8 heteroatoms. The third-order valence-corrected chi connectivity index (χ3v) is 4.65. The lowest BCUT2D eigenvalue weighted by Gasteiger charge is -2.24. The summed E-state index contributed by atoms with van der Waals surface area (Å²) in [6, 6.07) is 0.778. The zero-order valence-corrected chi connectivity index (χ0v) is 18.4. The van der Waals surface area contributed by atoms with Crippen LogP contribution in [0.1, 0.15) is 55.7 Å². The van der Waals surface area contributed by atoms with Crippen LogP contribution >= 0.6 is 24.0 Å². The molecule has 144 valence electrons. The Bertz CT molecular complexity index is 732. The summed E-state index contributed by atoms with van der Waals surface area (Å²) in [6.45, 7) is 9.91. The Morgan fingerprint density at radius 1 is 1.46 bits per heavy atom. The maximum Gasteiger partial charge on any atom is 0.191 e. The fraction of sp³-hybridized carbons (Fsp3) is 0.611. The highest BCUT2D eigenvalue weighted by Gasteiger charge is 2.23. The number of aromatic nitrogens is 4. The molecule has 0 spiro atoms. The van der Waals surface area contributed by atoms with Gasteiger partial charge in [-0.25, -0.2) is 4.99 Å². The van der Waals surface area contributed by atoms with Crippen LogP contribution in [0.25, 0.3) is 0 Å². The van der Waals surface area contributed by atoms with Crippen molar-refractivity contribution in [1.29, 1.82) is 0 Å². The van der Waals surface area contributed by atoms with E-state index in [-0.39, 0.29) is 24.0 Å². The Hall–Kier alpha value is -1.58. The zero-order chi connectivity index (χ0) is 17.8. The van der Waals surface area contributed by atoms with E-state index in [1.165, 1.54) is 11.3 Å². The molecule has 0 aromatic carbocycles. The molecular formula is C18H30IN7. The summed E-state index contributed by atoms with van der Waals surface area (Å²) in [5.41, 5.74) is 4.81. The standard InChI is InChI=1S/C18H29N7.HI/c1-5-19-18(20-9-15-10-21-23-13(15)4)22-16-7-6-14-11-25(12(2)3)24-17(14)8-16;/h10-12,16H,5-9H2,1-4H3,(H,21,23)(H2,19,20,22);1H. The number of hydrogen-bond acceptors (Lipinski definition) is 3. The molecule has 3 rings (SSSR count). The molecule has 0 saturated carbocycles. The lowest BCUT2D eigenvalue weighted by molar-refractivity contribution is 0.499. The molecule has 0 bridgehead atoms. The fourth-order valence-corrected chi connectivity index (χ4v) is 3.11. The molecule has 0 radical (unpaired) electrons. The molecule has 0 amide bonds. The number of rotatable bonds is 5. The van der Waals surface area contributed by atoms with E-state index >= 15 is 0 Å². The van der Waals surface area contributed by atoms with Gasteiger partial charge in [0.25, 0.3) is 0 Å². The largest absolute Gasteiger partial charge is 0.357 e. The Labute approximate surface area is 172 Å². The normalized spacial score (nSPS) is 17.0. The van der Waals surface area contributed by atoms with Crippen LogP contribution in [0.5, 0.6) is 0 Å². The van der Waals surface area contributed by atoms with Crippen LogP contribution < -0.4 is 10.6 Å². The Kier molecular flexibility index (Phi) is 7.48. The van der Waals surface area contributed by atoms with Crippen molar-refractivity contribution in [2.75, 3.05) is 6.54 Å². The number of halogens is 1. The number of nitrogens with one attached hydrogen (secondary N) is 3. The van der Waals surface area contributed by atoms with Gasteiger partial charge in [-0.15, -0.1) is 24.0 Å². The van der Waals surface area contributed by atoms with Crippen molar-refractivity contribution in [1.82, 2.24) is 30.6 Å². The molecular weight excluding hydrogens is 441 g/mol. The summed E-state index contributed by atoms with van der Waals surface area (Å²) in [6.07, 6.45) is 7.17. The van der Waals surface area contributed by atoms with Crippen molar-refractivity contribution in [3.8, 4) is 0 Å². The first-order valence-corrected chi connectivity index (χ1v) is 9.17. The molecule has 0 fully saturated rings. The smallest absolute Gasteiger partial charge is 0.191 e. The van der Waals surface area contributed by atoms with E-state index in [4.69, 9.17) is 10.1 Å². The van der Waals surface area contributed by atoms with E-state index in [2.05, 4.69) is 52.5 Å². The average Bonchev–Trinajstić information content (AvgIpc) is 3.18. The highest BCUT2D eigenvalue weighted by molar-refractivity contribution is 14.0. The fourth-order valence-electron chi connectivity index (χ4n) is 3.11. The molecule has 0 aliphatic heterocycles. The Morgan fingerprint density at radius 3 is 2.92 bits per heavy atom. The third-order valence-electron chi connectivity index (χ3n) is 4.65. The summed E-state index contributed by atoms with van der Waals surface area (Å²) in [5.74, 6) is 0.861. The van der Waals surface area contributed by atoms with Gasteiger partial charge in [0.1, 0.15) is 0 Å². The van der Waals surface area contributed by atoms with Crippen LogP contribution in [0.3, 0.4) is 0 Å². The van der Waals surface area contributed by atoms with Crippen LogP contribution in [-0.2, 0) is 19.4 Å². The number of aryl methyl sites for hydroxylation is 2. The van der Waals surface area contributed by atoms with Gasteiger partial charge in [0.05, 0.1) is 18.4 Å². The lowest BCUT2D eigenvalue weighted by atomic mass is 9.94. The number of guanidine groups is 1. The predicted molar refractivity (Wildman–Crippen MR) is 115 cm³/mol. The minimum atomic E-state index is 0. The third kappa shape index (κ3) is 4.99. The first-order chi connectivity index (χ1) is 12.1. The van der Waals surface area contributed by atoms with Crippen LogP contribution in [0.4, 0.5) is 0 Å². The van der Waals surface area contributed by atoms with E-state index in [1.54, 1.807) is 0 Å². The molecule has 1 atom stereocenters. The second-order valence-corrected chi connectivity index (χ2v) is 6.97. The highest BCUT2D eigenvalue weighted by Crippen LogP contribution is 2.21. The summed E-state index contributed by atoms with van der Waals surface area (Å²) < 4.78 is 2.08. The van der Waals surface area contributed by atoms with Gasteiger partial charge in [-0.1, -0.05) is 0 Å². The molecule has 2 heterocycles. The molecule has 1 unspecified atom stereocenters. The van der Waals surface area contributed by atoms with E-state index in [9.17, 15) is 0 Å². The number of nitrogens with zero attached hydrogens (tertiary/aromatic N) is 4. The summed E-state index contributed by atoms with van der Waals surface area (Å²) in [4.78, 5) is 4.71. The molecule has 0 saturated heterocycles. The van der Waals surface area contributed by atoms with Crippen molar-refractivity contribution in [3.05, 3.63) is 34.9 Å². The van der Waals surface area contributed by atoms with Gasteiger partial charge in [-0.2, -0.15) is 10.2 Å². The van der Waals surface area contributed by atoms with E-state index in [0.29, 0.717) is 18.6 Å².